The quantitative estimate of drug-likeness (QED) is 0.345. The van der Waals surface area contributed by atoms with Crippen LogP contribution in [-0.2, 0) is 35.1 Å². The third-order valence-corrected chi connectivity index (χ3v) is 4.88. The fraction of sp³-hybridized carbons (Fsp3) is 0.583. The molecule has 1 atom stereocenters. The van der Waals surface area contributed by atoms with Crippen molar-refractivity contribution in [3.05, 3.63) is 23.8 Å². The van der Waals surface area contributed by atoms with Crippen LogP contribution in [-0.4, -0.2) is 43.1 Å². The first-order valence-electron chi connectivity index (χ1n) is 11.1. The Hall–Kier alpha value is -2.94. The van der Waals surface area contributed by atoms with E-state index in [9.17, 15) is 19.2 Å². The zero-order valence-electron chi connectivity index (χ0n) is 20.1. The molecule has 0 bridgehead atoms. The van der Waals surface area contributed by atoms with E-state index in [2.05, 4.69) is 0 Å². The summed E-state index contributed by atoms with van der Waals surface area (Å²) in [5, 5.41) is 0. The van der Waals surface area contributed by atoms with Gasteiger partial charge in [-0.2, -0.15) is 0 Å². The molecule has 0 saturated heterocycles. The Labute approximate surface area is 194 Å². The number of nitrogens with two attached hydrogens (primary N) is 1. The van der Waals surface area contributed by atoms with Gasteiger partial charge in [-0.1, -0.05) is 33.8 Å². The number of carbonyl (C=O) groups is 4. The highest BCUT2D eigenvalue weighted by atomic mass is 16.6. The molecule has 9 heteroatoms. The normalized spacial score (nSPS) is 12.6. The van der Waals surface area contributed by atoms with Crippen LogP contribution < -0.4 is 15.2 Å². The number of rotatable bonds is 13. The number of benzene rings is 1. The molecule has 0 fully saturated rings. The molecule has 0 aliphatic heterocycles. The van der Waals surface area contributed by atoms with Crippen LogP contribution in [0.15, 0.2) is 18.2 Å². The van der Waals surface area contributed by atoms with Gasteiger partial charge in [-0.05, 0) is 30.0 Å². The number of hydrogen-bond acceptors (Lipinski definition) is 9. The van der Waals surface area contributed by atoms with E-state index in [0.29, 0.717) is 17.9 Å². The molecule has 1 aromatic carbocycles. The highest BCUT2D eigenvalue weighted by Gasteiger charge is 2.36. The van der Waals surface area contributed by atoms with Crippen molar-refractivity contribution < 1.29 is 38.1 Å². The van der Waals surface area contributed by atoms with Gasteiger partial charge in [0.15, 0.2) is 11.5 Å². The lowest BCUT2D eigenvalue weighted by Crippen LogP contribution is -2.51. The van der Waals surface area contributed by atoms with E-state index in [1.807, 2.05) is 13.8 Å². The van der Waals surface area contributed by atoms with Crippen molar-refractivity contribution in [3.63, 3.8) is 0 Å². The van der Waals surface area contributed by atoms with E-state index >= 15 is 0 Å². The lowest BCUT2D eigenvalue weighted by Gasteiger charge is -2.27. The summed E-state index contributed by atoms with van der Waals surface area (Å²) in [5.74, 6) is -1.52. The summed E-state index contributed by atoms with van der Waals surface area (Å²) in [5.41, 5.74) is 5.41. The Kier molecular flexibility index (Phi) is 11.6. The van der Waals surface area contributed by atoms with Gasteiger partial charge in [-0.25, -0.2) is 0 Å². The van der Waals surface area contributed by atoms with Gasteiger partial charge in [-0.15, -0.1) is 0 Å². The molecule has 0 unspecified atom stereocenters. The van der Waals surface area contributed by atoms with Crippen LogP contribution in [0, 0.1) is 5.92 Å². The molecule has 33 heavy (non-hydrogen) atoms. The smallest absolute Gasteiger partial charge is 0.326 e. The van der Waals surface area contributed by atoms with Gasteiger partial charge < -0.3 is 24.7 Å². The van der Waals surface area contributed by atoms with Crippen molar-refractivity contribution in [2.24, 2.45) is 11.7 Å². The number of carbonyl (C=O) groups excluding carboxylic acids is 4. The molecule has 0 aliphatic rings. The number of ether oxygens (including phenoxy) is 4. The molecule has 0 aliphatic carbocycles. The summed E-state index contributed by atoms with van der Waals surface area (Å²) in [6, 6.07) is 4.58. The van der Waals surface area contributed by atoms with Crippen molar-refractivity contribution in [2.75, 3.05) is 13.7 Å². The average molecular weight is 466 g/mol. The van der Waals surface area contributed by atoms with Crippen LogP contribution in [0.2, 0.25) is 0 Å². The molecule has 2 N–H and O–H groups in total. The van der Waals surface area contributed by atoms with Gasteiger partial charge in [0.05, 0.1) is 13.7 Å². The van der Waals surface area contributed by atoms with Crippen molar-refractivity contribution in [2.45, 2.75) is 71.8 Å². The van der Waals surface area contributed by atoms with E-state index < -0.39 is 23.4 Å². The molecule has 0 amide bonds. The first kappa shape index (κ1) is 28.1. The van der Waals surface area contributed by atoms with Gasteiger partial charge in [0.25, 0.3) is 0 Å². The minimum Gasteiger partial charge on any atom is -0.468 e. The predicted octanol–water partition coefficient (Wildman–Crippen LogP) is 3.10. The van der Waals surface area contributed by atoms with Crippen LogP contribution in [0.3, 0.4) is 0 Å². The minimum absolute atomic E-state index is 0.0158. The third kappa shape index (κ3) is 9.61. The van der Waals surface area contributed by atoms with Crippen LogP contribution in [0.1, 0.15) is 65.4 Å². The van der Waals surface area contributed by atoms with Crippen LogP contribution in [0.4, 0.5) is 0 Å². The summed E-state index contributed by atoms with van der Waals surface area (Å²) in [6.45, 7) is 7.25. The third-order valence-electron chi connectivity index (χ3n) is 4.88. The summed E-state index contributed by atoms with van der Waals surface area (Å²) in [6.07, 6.45) is 1.31. The second kappa shape index (κ2) is 13.6. The highest BCUT2D eigenvalue weighted by molar-refractivity contribution is 5.81. The second-order valence-corrected chi connectivity index (χ2v) is 8.16. The fourth-order valence-electron chi connectivity index (χ4n) is 2.87. The maximum atomic E-state index is 12.4. The van der Waals surface area contributed by atoms with Crippen molar-refractivity contribution in [3.8, 4) is 11.5 Å². The molecular weight excluding hydrogens is 430 g/mol. The first-order chi connectivity index (χ1) is 15.5. The SMILES string of the molecule is CCC(=O)Oc1ccc(C[C@](N)(CCOC(=O)CCC(C)C)C(=O)OC)cc1OC(=O)CC. The predicted molar refractivity (Wildman–Crippen MR) is 121 cm³/mol. The van der Waals surface area contributed by atoms with Crippen LogP contribution in [0.5, 0.6) is 11.5 Å². The zero-order chi connectivity index (χ0) is 25.0. The van der Waals surface area contributed by atoms with Gasteiger partial charge in [0.1, 0.15) is 5.54 Å². The number of hydrogen-bond donors (Lipinski definition) is 1. The molecule has 0 saturated carbocycles. The van der Waals surface area contributed by atoms with E-state index in [-0.39, 0.29) is 56.2 Å². The van der Waals surface area contributed by atoms with Crippen molar-refractivity contribution >= 4 is 23.9 Å². The van der Waals surface area contributed by atoms with Gasteiger partial charge >= 0.3 is 23.9 Å². The molecule has 1 rings (SSSR count). The summed E-state index contributed by atoms with van der Waals surface area (Å²) in [4.78, 5) is 47.9. The molecule has 0 aromatic heterocycles. The molecule has 0 spiro atoms. The maximum absolute atomic E-state index is 12.4. The standard InChI is InChI=1S/C24H35NO8/c1-6-20(26)32-18-10-9-17(14-19(18)33-21(27)7-2)15-24(25,23(29)30-5)12-13-31-22(28)11-8-16(3)4/h9-10,14,16H,6-8,11-13,15,25H2,1-5H3/t24-/m1/s1. The Balaban J connectivity index is 3.03. The number of methoxy groups -OCH3 is 1. The molecule has 184 valence electrons. The summed E-state index contributed by atoms with van der Waals surface area (Å²) < 4.78 is 20.6. The van der Waals surface area contributed by atoms with E-state index in [0.717, 1.165) is 0 Å². The van der Waals surface area contributed by atoms with Crippen molar-refractivity contribution in [1.29, 1.82) is 0 Å². The van der Waals surface area contributed by atoms with E-state index in [1.165, 1.54) is 19.2 Å². The van der Waals surface area contributed by atoms with Gasteiger partial charge in [-0.3, -0.25) is 19.2 Å². The molecule has 9 nitrogen and oxygen atoms in total. The monoisotopic (exact) mass is 465 g/mol. The Morgan fingerprint density at radius 2 is 1.58 bits per heavy atom. The first-order valence-corrected chi connectivity index (χ1v) is 11.1. The summed E-state index contributed by atoms with van der Waals surface area (Å²) in [7, 11) is 1.22. The van der Waals surface area contributed by atoms with E-state index in [4.69, 9.17) is 24.7 Å². The fourth-order valence-corrected chi connectivity index (χ4v) is 2.87. The number of esters is 4. The largest absolute Gasteiger partial charge is 0.468 e. The second-order valence-electron chi connectivity index (χ2n) is 8.16. The maximum Gasteiger partial charge on any atom is 0.326 e. The van der Waals surface area contributed by atoms with Gasteiger partial charge in [0, 0.05) is 32.1 Å². The topological polar surface area (TPSA) is 131 Å². The Morgan fingerprint density at radius 1 is 0.970 bits per heavy atom. The lowest BCUT2D eigenvalue weighted by molar-refractivity contribution is -0.151. The molecule has 1 aromatic rings. The lowest BCUT2D eigenvalue weighted by atomic mass is 9.88. The van der Waals surface area contributed by atoms with Crippen LogP contribution in [0.25, 0.3) is 0 Å². The van der Waals surface area contributed by atoms with Crippen LogP contribution >= 0.6 is 0 Å². The Morgan fingerprint density at radius 3 is 2.12 bits per heavy atom. The Bertz CT molecular complexity index is 836. The zero-order valence-corrected chi connectivity index (χ0v) is 20.1. The van der Waals surface area contributed by atoms with Crippen molar-refractivity contribution in [1.82, 2.24) is 0 Å². The van der Waals surface area contributed by atoms with E-state index in [1.54, 1.807) is 19.9 Å². The minimum atomic E-state index is -1.49. The highest BCUT2D eigenvalue weighted by Crippen LogP contribution is 2.31. The average Bonchev–Trinajstić information content (AvgIpc) is 2.78. The molecule has 0 heterocycles. The summed E-state index contributed by atoms with van der Waals surface area (Å²) >= 11 is 0. The van der Waals surface area contributed by atoms with Gasteiger partial charge in [0.2, 0.25) is 0 Å². The molecular formula is C24H35NO8. The molecule has 0 radical (unpaired) electrons.